The molecule has 27 heavy (non-hydrogen) atoms. The lowest BCUT2D eigenvalue weighted by Gasteiger charge is -2.34. The summed E-state index contributed by atoms with van der Waals surface area (Å²) < 4.78 is 64.9. The van der Waals surface area contributed by atoms with E-state index in [0.717, 1.165) is 18.9 Å². The van der Waals surface area contributed by atoms with Gasteiger partial charge in [-0.05, 0) is 18.6 Å². The van der Waals surface area contributed by atoms with Gasteiger partial charge in [-0.2, -0.15) is 17.5 Å². The van der Waals surface area contributed by atoms with Crippen LogP contribution >= 0.6 is 0 Å². The van der Waals surface area contributed by atoms with Crippen molar-refractivity contribution in [3.8, 4) is 0 Å². The van der Waals surface area contributed by atoms with Crippen LogP contribution in [0.15, 0.2) is 24.3 Å². The van der Waals surface area contributed by atoms with E-state index in [2.05, 4.69) is 5.32 Å². The molecule has 2 rings (SSSR count). The van der Waals surface area contributed by atoms with Crippen molar-refractivity contribution in [1.82, 2.24) is 9.21 Å². The molecule has 0 aromatic heterocycles. The van der Waals surface area contributed by atoms with Gasteiger partial charge < -0.3 is 10.2 Å². The predicted octanol–water partition coefficient (Wildman–Crippen LogP) is 3.37. The highest BCUT2D eigenvalue weighted by Gasteiger charge is 2.34. The summed E-state index contributed by atoms with van der Waals surface area (Å²) in [5.74, 6) is 0.0754. The molecule has 0 aliphatic carbocycles. The van der Waals surface area contributed by atoms with Crippen molar-refractivity contribution in [1.29, 1.82) is 0 Å². The lowest BCUT2D eigenvalue weighted by atomic mass is 10.1. The number of unbranched alkanes of at least 4 members (excludes halogenated alkanes) is 2. The number of halogens is 3. The molecule has 0 unspecified atom stereocenters. The highest BCUT2D eigenvalue weighted by molar-refractivity contribution is 7.89. The molecule has 1 aliphatic heterocycles. The van der Waals surface area contributed by atoms with Crippen LogP contribution in [-0.2, 0) is 16.2 Å². The molecule has 1 fully saturated rings. The van der Waals surface area contributed by atoms with Crippen molar-refractivity contribution in [2.24, 2.45) is 0 Å². The monoisotopic (exact) mass is 407 g/mol. The number of nitrogens with zero attached hydrogens (tertiary/aromatic N) is 2. The van der Waals surface area contributed by atoms with Crippen LogP contribution in [0.3, 0.4) is 0 Å². The second-order valence-electron chi connectivity index (χ2n) is 6.38. The lowest BCUT2D eigenvalue weighted by Crippen LogP contribution is -2.52. The number of hydrogen-bond donors (Lipinski definition) is 1. The van der Waals surface area contributed by atoms with Crippen molar-refractivity contribution in [3.05, 3.63) is 29.8 Å². The predicted molar refractivity (Wildman–Crippen MR) is 96.9 cm³/mol. The maximum atomic E-state index is 13.0. The number of nitrogens with one attached hydrogen (secondary N) is 1. The van der Waals surface area contributed by atoms with Crippen molar-refractivity contribution in [2.75, 3.05) is 37.2 Å². The summed E-state index contributed by atoms with van der Waals surface area (Å²) in [5, 5.41) is 2.28. The number of rotatable bonds is 6. The third-order valence-electron chi connectivity index (χ3n) is 4.40. The van der Waals surface area contributed by atoms with Crippen molar-refractivity contribution >= 4 is 21.7 Å². The Balaban J connectivity index is 1.94. The minimum absolute atomic E-state index is 0.0754. The Morgan fingerprint density at radius 1 is 1.11 bits per heavy atom. The van der Waals surface area contributed by atoms with Crippen molar-refractivity contribution in [2.45, 2.75) is 32.4 Å². The van der Waals surface area contributed by atoms with E-state index in [-0.39, 0.29) is 37.6 Å². The summed E-state index contributed by atoms with van der Waals surface area (Å²) in [6.07, 6.45) is -2.23. The Labute approximate surface area is 157 Å². The fourth-order valence-electron chi connectivity index (χ4n) is 2.87. The van der Waals surface area contributed by atoms with Gasteiger partial charge in [0.15, 0.2) is 0 Å². The molecule has 152 valence electrons. The highest BCUT2D eigenvalue weighted by Crippen LogP contribution is 2.34. The quantitative estimate of drug-likeness (QED) is 0.735. The standard InChI is InChI=1S/C17H24F3N3O3S/c1-2-3-6-13-27(25,26)23-11-9-22(10-12-23)16(24)21-15-8-5-4-7-14(15)17(18,19)20/h4-5,7-8H,2-3,6,9-13H2,1H3,(H,21,24). The number of piperazine rings is 1. The molecule has 0 radical (unpaired) electrons. The topological polar surface area (TPSA) is 69.7 Å². The van der Waals surface area contributed by atoms with Gasteiger partial charge in [-0.1, -0.05) is 31.9 Å². The van der Waals surface area contributed by atoms with Gasteiger partial charge in [-0.3, -0.25) is 0 Å². The zero-order valence-corrected chi connectivity index (χ0v) is 15.9. The van der Waals surface area contributed by atoms with E-state index in [4.69, 9.17) is 0 Å². The summed E-state index contributed by atoms with van der Waals surface area (Å²) in [6, 6.07) is 4.08. The zero-order chi connectivity index (χ0) is 20.1. The van der Waals surface area contributed by atoms with Crippen LogP contribution in [0.2, 0.25) is 0 Å². The van der Waals surface area contributed by atoms with Crippen LogP contribution < -0.4 is 5.32 Å². The van der Waals surface area contributed by atoms with Crippen molar-refractivity contribution < 1.29 is 26.4 Å². The van der Waals surface area contributed by atoms with Crippen LogP contribution in [0.1, 0.15) is 31.7 Å². The minimum Gasteiger partial charge on any atom is -0.322 e. The number of carbonyl (C=O) groups is 1. The molecule has 1 saturated heterocycles. The van der Waals surface area contributed by atoms with E-state index >= 15 is 0 Å². The largest absolute Gasteiger partial charge is 0.418 e. The number of alkyl halides is 3. The summed E-state index contributed by atoms with van der Waals surface area (Å²) in [6.45, 7) is 2.53. The van der Waals surface area contributed by atoms with Gasteiger partial charge in [0.25, 0.3) is 0 Å². The van der Waals surface area contributed by atoms with Crippen LogP contribution in [0.25, 0.3) is 0 Å². The van der Waals surface area contributed by atoms with Gasteiger partial charge in [0.1, 0.15) is 0 Å². The molecule has 2 amide bonds. The molecule has 1 heterocycles. The number of sulfonamides is 1. The molecule has 1 aromatic rings. The first-order valence-corrected chi connectivity index (χ1v) is 10.5. The van der Waals surface area contributed by atoms with Gasteiger partial charge in [0.2, 0.25) is 10.0 Å². The second kappa shape index (κ2) is 8.92. The molecule has 10 heteroatoms. The third-order valence-corrected chi connectivity index (χ3v) is 6.36. The Morgan fingerprint density at radius 3 is 2.33 bits per heavy atom. The normalized spacial score (nSPS) is 16.4. The summed E-state index contributed by atoms with van der Waals surface area (Å²) in [7, 11) is -3.36. The molecule has 6 nitrogen and oxygen atoms in total. The highest BCUT2D eigenvalue weighted by atomic mass is 32.2. The number of para-hydroxylation sites is 1. The van der Waals surface area contributed by atoms with Crippen LogP contribution in [0, 0.1) is 0 Å². The fraction of sp³-hybridized carbons (Fsp3) is 0.588. The molecule has 0 spiro atoms. The molecule has 1 aliphatic rings. The maximum absolute atomic E-state index is 13.0. The smallest absolute Gasteiger partial charge is 0.322 e. The number of benzene rings is 1. The van der Waals surface area contributed by atoms with E-state index < -0.39 is 27.8 Å². The average molecular weight is 407 g/mol. The molecule has 0 bridgehead atoms. The number of urea groups is 1. The Kier molecular flexibility index (Phi) is 7.10. The average Bonchev–Trinajstić information content (AvgIpc) is 2.61. The fourth-order valence-corrected chi connectivity index (χ4v) is 4.41. The number of hydrogen-bond acceptors (Lipinski definition) is 3. The first kappa shape index (κ1) is 21.5. The Morgan fingerprint density at radius 2 is 1.74 bits per heavy atom. The van der Waals surface area contributed by atoms with Crippen LogP contribution in [0.4, 0.5) is 23.7 Å². The first-order chi connectivity index (χ1) is 12.6. The Bertz CT molecular complexity index is 745. The van der Waals surface area contributed by atoms with E-state index in [0.29, 0.717) is 6.42 Å². The first-order valence-electron chi connectivity index (χ1n) is 8.85. The van der Waals surface area contributed by atoms with Gasteiger partial charge in [0.05, 0.1) is 17.0 Å². The van der Waals surface area contributed by atoms with E-state index in [1.54, 1.807) is 0 Å². The van der Waals surface area contributed by atoms with Crippen LogP contribution in [-0.4, -0.2) is 55.6 Å². The molecular weight excluding hydrogens is 383 g/mol. The third kappa shape index (κ3) is 5.83. The molecular formula is C17H24F3N3O3S. The summed E-state index contributed by atoms with van der Waals surface area (Å²) >= 11 is 0. The SMILES string of the molecule is CCCCCS(=O)(=O)N1CCN(C(=O)Nc2ccccc2C(F)(F)F)CC1. The van der Waals surface area contributed by atoms with Crippen LogP contribution in [0.5, 0.6) is 0 Å². The maximum Gasteiger partial charge on any atom is 0.418 e. The summed E-state index contributed by atoms with van der Waals surface area (Å²) in [5.41, 5.74) is -1.24. The molecule has 1 N–H and O–H groups in total. The van der Waals surface area contributed by atoms with E-state index in [1.165, 1.54) is 27.4 Å². The number of amides is 2. The zero-order valence-electron chi connectivity index (χ0n) is 15.1. The molecule has 0 saturated carbocycles. The van der Waals surface area contributed by atoms with Gasteiger partial charge in [-0.15, -0.1) is 0 Å². The number of carbonyl (C=O) groups excluding carboxylic acids is 1. The van der Waals surface area contributed by atoms with E-state index in [1.807, 2.05) is 6.92 Å². The summed E-state index contributed by atoms with van der Waals surface area (Å²) in [4.78, 5) is 13.6. The van der Waals surface area contributed by atoms with Gasteiger partial charge in [0, 0.05) is 26.2 Å². The van der Waals surface area contributed by atoms with Gasteiger partial charge in [-0.25, -0.2) is 13.2 Å². The Hall–Kier alpha value is -1.81. The van der Waals surface area contributed by atoms with E-state index in [9.17, 15) is 26.4 Å². The molecule has 0 atom stereocenters. The number of anilines is 1. The molecule has 1 aromatic carbocycles. The lowest BCUT2D eigenvalue weighted by molar-refractivity contribution is -0.136. The minimum atomic E-state index is -4.57. The second-order valence-corrected chi connectivity index (χ2v) is 8.47. The van der Waals surface area contributed by atoms with Gasteiger partial charge >= 0.3 is 12.2 Å². The van der Waals surface area contributed by atoms with Crippen molar-refractivity contribution in [3.63, 3.8) is 0 Å².